The van der Waals surface area contributed by atoms with Crippen LogP contribution in [0.5, 0.6) is 0 Å². The number of hydrogen-bond acceptors (Lipinski definition) is 4. The van der Waals surface area contributed by atoms with Gasteiger partial charge in [-0.2, -0.15) is 0 Å². The van der Waals surface area contributed by atoms with Crippen LogP contribution in [0.4, 0.5) is 0 Å². The van der Waals surface area contributed by atoms with E-state index in [1.54, 1.807) is 0 Å². The highest BCUT2D eigenvalue weighted by molar-refractivity contribution is 5.01. The molecule has 2 heterocycles. The minimum Gasteiger partial charge on any atom is -0.291 e. The largest absolute Gasteiger partial charge is 0.291 e. The van der Waals surface area contributed by atoms with E-state index in [0.29, 0.717) is 6.04 Å². The summed E-state index contributed by atoms with van der Waals surface area (Å²) in [6.07, 6.45) is 14.1. The molecule has 5 heteroatoms. The maximum absolute atomic E-state index is 4.42. The molecule has 1 aliphatic heterocycles. The first-order valence-electron chi connectivity index (χ1n) is 9.42. The summed E-state index contributed by atoms with van der Waals surface area (Å²) < 4.78 is 2.07. The van der Waals surface area contributed by atoms with Crippen LogP contribution in [-0.4, -0.2) is 38.2 Å². The van der Waals surface area contributed by atoms with Crippen LogP contribution in [-0.2, 0) is 6.54 Å². The molecule has 0 aromatic carbocycles. The van der Waals surface area contributed by atoms with Crippen LogP contribution in [0.25, 0.3) is 0 Å². The molecule has 2 fully saturated rings. The minimum atomic E-state index is 0.478. The SMILES string of the molecule is C1CCC(CN2CCn3nnnc3C2C2CCCCC2)CC1. The molecule has 0 bridgehead atoms. The smallest absolute Gasteiger partial charge is 0.168 e. The number of fused-ring (bicyclic) bond motifs is 1. The quantitative estimate of drug-likeness (QED) is 0.860. The van der Waals surface area contributed by atoms with Crippen molar-refractivity contribution in [1.82, 2.24) is 25.1 Å². The summed E-state index contributed by atoms with van der Waals surface area (Å²) in [6, 6.07) is 0.478. The molecular weight excluding hydrogens is 274 g/mol. The molecule has 0 spiro atoms. The van der Waals surface area contributed by atoms with Gasteiger partial charge < -0.3 is 0 Å². The zero-order valence-corrected chi connectivity index (χ0v) is 13.7. The first-order chi connectivity index (χ1) is 10.9. The molecule has 2 saturated carbocycles. The molecular formula is C17H29N5. The number of nitrogens with zero attached hydrogens (tertiary/aromatic N) is 5. The fourth-order valence-corrected chi connectivity index (χ4v) is 4.97. The third-order valence-corrected chi connectivity index (χ3v) is 6.13. The van der Waals surface area contributed by atoms with E-state index in [-0.39, 0.29) is 0 Å². The molecule has 1 atom stereocenters. The molecule has 0 amide bonds. The van der Waals surface area contributed by atoms with E-state index in [4.69, 9.17) is 0 Å². The van der Waals surface area contributed by atoms with Crippen molar-refractivity contribution in [2.45, 2.75) is 76.8 Å². The first kappa shape index (κ1) is 14.6. The third kappa shape index (κ3) is 2.92. The summed E-state index contributed by atoms with van der Waals surface area (Å²) in [5.41, 5.74) is 0. The van der Waals surface area contributed by atoms with Gasteiger partial charge >= 0.3 is 0 Å². The van der Waals surface area contributed by atoms with Crippen LogP contribution < -0.4 is 0 Å². The summed E-state index contributed by atoms with van der Waals surface area (Å²) in [5, 5.41) is 12.6. The van der Waals surface area contributed by atoms with Gasteiger partial charge in [0.15, 0.2) is 5.82 Å². The lowest BCUT2D eigenvalue weighted by atomic mass is 9.81. The van der Waals surface area contributed by atoms with Gasteiger partial charge in [0.05, 0.1) is 12.6 Å². The highest BCUT2D eigenvalue weighted by Crippen LogP contribution is 2.40. The van der Waals surface area contributed by atoms with Crippen LogP contribution in [0.1, 0.15) is 76.1 Å². The summed E-state index contributed by atoms with van der Waals surface area (Å²) in [7, 11) is 0. The van der Waals surface area contributed by atoms with Gasteiger partial charge in [-0.1, -0.05) is 38.5 Å². The van der Waals surface area contributed by atoms with E-state index in [2.05, 4.69) is 25.1 Å². The topological polar surface area (TPSA) is 46.8 Å². The van der Waals surface area contributed by atoms with Crippen molar-refractivity contribution >= 4 is 0 Å². The van der Waals surface area contributed by atoms with Gasteiger partial charge in [-0.3, -0.25) is 4.90 Å². The number of rotatable bonds is 3. The van der Waals surface area contributed by atoms with Gasteiger partial charge in [0.25, 0.3) is 0 Å². The molecule has 1 aromatic heterocycles. The average Bonchev–Trinajstić information content (AvgIpc) is 3.05. The van der Waals surface area contributed by atoms with E-state index in [9.17, 15) is 0 Å². The van der Waals surface area contributed by atoms with Gasteiger partial charge in [0.1, 0.15) is 0 Å². The van der Waals surface area contributed by atoms with Crippen molar-refractivity contribution in [3.8, 4) is 0 Å². The summed E-state index contributed by atoms with van der Waals surface area (Å²) in [5.74, 6) is 2.82. The number of hydrogen-bond donors (Lipinski definition) is 0. The molecule has 5 nitrogen and oxygen atoms in total. The Labute approximate surface area is 133 Å². The van der Waals surface area contributed by atoms with E-state index < -0.39 is 0 Å². The molecule has 0 N–H and O–H groups in total. The molecule has 3 aliphatic rings. The normalized spacial score (nSPS) is 28.6. The summed E-state index contributed by atoms with van der Waals surface area (Å²) >= 11 is 0. The molecule has 22 heavy (non-hydrogen) atoms. The number of aromatic nitrogens is 4. The Kier molecular flexibility index (Phi) is 4.42. The van der Waals surface area contributed by atoms with E-state index >= 15 is 0 Å². The predicted octanol–water partition coefficient (Wildman–Crippen LogP) is 3.19. The molecule has 2 aliphatic carbocycles. The van der Waals surface area contributed by atoms with E-state index in [1.165, 1.54) is 70.8 Å². The monoisotopic (exact) mass is 303 g/mol. The van der Waals surface area contributed by atoms with Crippen molar-refractivity contribution in [1.29, 1.82) is 0 Å². The third-order valence-electron chi connectivity index (χ3n) is 6.13. The van der Waals surface area contributed by atoms with Gasteiger partial charge in [0, 0.05) is 13.1 Å². The molecule has 0 radical (unpaired) electrons. The molecule has 1 unspecified atom stereocenters. The zero-order valence-electron chi connectivity index (χ0n) is 13.7. The van der Waals surface area contributed by atoms with Gasteiger partial charge in [-0.25, -0.2) is 4.68 Å². The lowest BCUT2D eigenvalue weighted by Crippen LogP contribution is -2.45. The fourth-order valence-electron chi connectivity index (χ4n) is 4.97. The van der Waals surface area contributed by atoms with Crippen molar-refractivity contribution < 1.29 is 0 Å². The second kappa shape index (κ2) is 6.65. The first-order valence-corrected chi connectivity index (χ1v) is 9.42. The Morgan fingerprint density at radius 1 is 0.864 bits per heavy atom. The Morgan fingerprint density at radius 3 is 2.36 bits per heavy atom. The Bertz CT molecular complexity index is 473. The van der Waals surface area contributed by atoms with E-state index in [0.717, 1.165) is 30.7 Å². The van der Waals surface area contributed by atoms with Gasteiger partial charge in [-0.05, 0) is 47.9 Å². The van der Waals surface area contributed by atoms with Crippen LogP contribution in [0, 0.1) is 11.8 Å². The molecule has 1 aromatic rings. The van der Waals surface area contributed by atoms with Gasteiger partial charge in [-0.15, -0.1) is 5.10 Å². The molecule has 0 saturated heterocycles. The standard InChI is InChI=1S/C17H29N5/c1-3-7-14(8-4-1)13-21-11-12-22-17(18-19-20-22)16(21)15-9-5-2-6-10-15/h14-16H,1-13H2. The van der Waals surface area contributed by atoms with Crippen LogP contribution in [0.2, 0.25) is 0 Å². The Balaban J connectivity index is 1.53. The van der Waals surface area contributed by atoms with Crippen LogP contribution in [0.3, 0.4) is 0 Å². The lowest BCUT2D eigenvalue weighted by Gasteiger charge is -2.42. The second-order valence-electron chi connectivity index (χ2n) is 7.60. The fraction of sp³-hybridized carbons (Fsp3) is 0.941. The number of tetrazole rings is 1. The Hall–Kier alpha value is -0.970. The second-order valence-corrected chi connectivity index (χ2v) is 7.60. The zero-order chi connectivity index (χ0) is 14.8. The van der Waals surface area contributed by atoms with Crippen LogP contribution >= 0.6 is 0 Å². The highest BCUT2D eigenvalue weighted by Gasteiger charge is 2.37. The van der Waals surface area contributed by atoms with Crippen molar-refractivity contribution in [3.63, 3.8) is 0 Å². The average molecular weight is 303 g/mol. The predicted molar refractivity (Wildman–Crippen MR) is 85.3 cm³/mol. The molecule has 122 valence electrons. The van der Waals surface area contributed by atoms with E-state index in [1.807, 2.05) is 0 Å². The summed E-state index contributed by atoms with van der Waals surface area (Å²) in [4.78, 5) is 2.75. The van der Waals surface area contributed by atoms with Gasteiger partial charge in [0.2, 0.25) is 0 Å². The maximum atomic E-state index is 4.42. The minimum absolute atomic E-state index is 0.478. The van der Waals surface area contributed by atoms with Crippen LogP contribution in [0.15, 0.2) is 0 Å². The summed E-state index contributed by atoms with van der Waals surface area (Å²) in [6.45, 7) is 3.38. The Morgan fingerprint density at radius 2 is 1.59 bits per heavy atom. The van der Waals surface area contributed by atoms with Crippen molar-refractivity contribution in [2.24, 2.45) is 11.8 Å². The van der Waals surface area contributed by atoms with Crippen molar-refractivity contribution in [2.75, 3.05) is 13.1 Å². The van der Waals surface area contributed by atoms with Crippen molar-refractivity contribution in [3.05, 3.63) is 5.82 Å². The maximum Gasteiger partial charge on any atom is 0.168 e. The highest BCUT2D eigenvalue weighted by atomic mass is 15.6. The lowest BCUT2D eigenvalue weighted by molar-refractivity contribution is 0.0589. The molecule has 4 rings (SSSR count).